The normalized spacial score (nSPS) is 11.5. The number of halogens is 1. The maximum absolute atomic E-state index is 13.4. The fourth-order valence-corrected chi connectivity index (χ4v) is 4.04. The summed E-state index contributed by atoms with van der Waals surface area (Å²) in [7, 11) is -1.68. The molecule has 0 saturated carbocycles. The van der Waals surface area contributed by atoms with Crippen LogP contribution in [-0.2, 0) is 16.4 Å². The van der Waals surface area contributed by atoms with Crippen LogP contribution in [0.4, 0.5) is 4.39 Å². The van der Waals surface area contributed by atoms with Crippen LogP contribution in [0.3, 0.4) is 0 Å². The molecule has 3 aromatic carbocycles. The number of rotatable bonds is 6. The fraction of sp³-hybridized carbons (Fsp3) is 0.125. The highest BCUT2D eigenvalue weighted by molar-refractivity contribution is 7.90. The second kappa shape index (κ2) is 8.35. The van der Waals surface area contributed by atoms with Gasteiger partial charge in [0.25, 0.3) is 0 Å². The van der Waals surface area contributed by atoms with E-state index in [4.69, 9.17) is 4.74 Å². The molecule has 0 aliphatic heterocycles. The number of methoxy groups -OCH3 is 1. The molecular formula is C24H21FN2O3S. The van der Waals surface area contributed by atoms with E-state index in [1.54, 1.807) is 49.7 Å². The van der Waals surface area contributed by atoms with Crippen molar-refractivity contribution in [2.75, 3.05) is 13.4 Å². The first-order valence-corrected chi connectivity index (χ1v) is 11.5. The molecule has 0 bridgehead atoms. The average Bonchev–Trinajstić information content (AvgIpc) is 3.17. The number of nitrogens with zero attached hydrogens (tertiary/aromatic N) is 2. The second-order valence-corrected chi connectivity index (χ2v) is 9.23. The minimum Gasteiger partial charge on any atom is -0.497 e. The topological polar surface area (TPSA) is 61.2 Å². The lowest BCUT2D eigenvalue weighted by atomic mass is 10.0. The number of benzene rings is 3. The molecule has 0 saturated heterocycles. The smallest absolute Gasteiger partial charge is 0.175 e. The third kappa shape index (κ3) is 4.51. The lowest BCUT2D eigenvalue weighted by Gasteiger charge is -2.12. The van der Waals surface area contributed by atoms with E-state index in [1.807, 2.05) is 28.9 Å². The number of hydrogen-bond acceptors (Lipinski definition) is 4. The Labute approximate surface area is 180 Å². The van der Waals surface area contributed by atoms with Gasteiger partial charge in [0.1, 0.15) is 11.6 Å². The van der Waals surface area contributed by atoms with Crippen LogP contribution in [0.5, 0.6) is 5.75 Å². The van der Waals surface area contributed by atoms with Crippen LogP contribution < -0.4 is 4.74 Å². The van der Waals surface area contributed by atoms with Crippen LogP contribution in [-0.4, -0.2) is 31.6 Å². The van der Waals surface area contributed by atoms with Gasteiger partial charge in [0, 0.05) is 17.4 Å². The van der Waals surface area contributed by atoms with E-state index in [0.29, 0.717) is 6.54 Å². The summed E-state index contributed by atoms with van der Waals surface area (Å²) in [5.74, 6) is 0.459. The zero-order valence-electron chi connectivity index (χ0n) is 17.1. The second-order valence-electron chi connectivity index (χ2n) is 7.22. The largest absolute Gasteiger partial charge is 0.497 e. The Morgan fingerprint density at radius 2 is 1.52 bits per heavy atom. The SMILES string of the molecule is COc1ccc(Cn2ncc(-c3ccc(F)cc3)c2-c2ccc(S(C)(=O)=O)cc2)cc1. The van der Waals surface area contributed by atoms with E-state index >= 15 is 0 Å². The summed E-state index contributed by atoms with van der Waals surface area (Å²) < 4.78 is 44.2. The van der Waals surface area contributed by atoms with Crippen molar-refractivity contribution in [2.45, 2.75) is 11.4 Å². The van der Waals surface area contributed by atoms with Crippen LogP contribution in [0.2, 0.25) is 0 Å². The Bertz CT molecular complexity index is 1290. The van der Waals surface area contributed by atoms with Gasteiger partial charge in [-0.15, -0.1) is 0 Å². The van der Waals surface area contributed by atoms with Crippen molar-refractivity contribution in [3.05, 3.63) is 90.4 Å². The van der Waals surface area contributed by atoms with E-state index in [9.17, 15) is 12.8 Å². The molecule has 31 heavy (non-hydrogen) atoms. The maximum atomic E-state index is 13.4. The highest BCUT2D eigenvalue weighted by Crippen LogP contribution is 2.33. The Morgan fingerprint density at radius 3 is 2.10 bits per heavy atom. The Hall–Kier alpha value is -3.45. The summed E-state index contributed by atoms with van der Waals surface area (Å²) in [5.41, 5.74) is 4.33. The standard InChI is InChI=1S/C24H21FN2O3S/c1-30-21-11-3-17(4-12-21)16-27-24(19-7-13-22(14-8-19)31(2,28)29)23(15-26-27)18-5-9-20(25)10-6-18/h3-15H,16H2,1-2H3. The first-order valence-electron chi connectivity index (χ1n) is 9.60. The number of sulfone groups is 1. The van der Waals surface area contributed by atoms with Crippen molar-refractivity contribution in [3.63, 3.8) is 0 Å². The highest BCUT2D eigenvalue weighted by Gasteiger charge is 2.16. The van der Waals surface area contributed by atoms with Crippen LogP contribution in [0.15, 0.2) is 83.9 Å². The number of aromatic nitrogens is 2. The van der Waals surface area contributed by atoms with E-state index in [2.05, 4.69) is 5.10 Å². The monoisotopic (exact) mass is 436 g/mol. The van der Waals surface area contributed by atoms with Gasteiger partial charge in [-0.1, -0.05) is 36.4 Å². The average molecular weight is 437 g/mol. The van der Waals surface area contributed by atoms with Gasteiger partial charge in [0.15, 0.2) is 9.84 Å². The summed E-state index contributed by atoms with van der Waals surface area (Å²) in [6.45, 7) is 0.508. The maximum Gasteiger partial charge on any atom is 0.175 e. The molecule has 4 aromatic rings. The molecule has 1 heterocycles. The van der Waals surface area contributed by atoms with Gasteiger partial charge in [0.2, 0.25) is 0 Å². The minimum atomic E-state index is -3.30. The first kappa shape index (κ1) is 20.8. The lowest BCUT2D eigenvalue weighted by Crippen LogP contribution is -2.04. The molecule has 0 atom stereocenters. The predicted molar refractivity (Wildman–Crippen MR) is 118 cm³/mol. The molecule has 0 aliphatic rings. The molecule has 0 aliphatic carbocycles. The van der Waals surface area contributed by atoms with Gasteiger partial charge in [-0.3, -0.25) is 4.68 Å². The van der Waals surface area contributed by atoms with Crippen LogP contribution in [0.1, 0.15) is 5.56 Å². The third-order valence-electron chi connectivity index (χ3n) is 5.04. The van der Waals surface area contributed by atoms with E-state index in [0.717, 1.165) is 33.7 Å². The molecule has 1 aromatic heterocycles. The van der Waals surface area contributed by atoms with Gasteiger partial charge in [-0.2, -0.15) is 5.10 Å². The predicted octanol–water partition coefficient (Wildman–Crippen LogP) is 4.82. The Balaban J connectivity index is 1.80. The summed E-state index contributed by atoms with van der Waals surface area (Å²) in [4.78, 5) is 0.251. The molecule has 0 N–H and O–H groups in total. The summed E-state index contributed by atoms with van der Waals surface area (Å²) >= 11 is 0. The minimum absolute atomic E-state index is 0.251. The van der Waals surface area contributed by atoms with Crippen LogP contribution in [0, 0.1) is 5.82 Å². The summed E-state index contributed by atoms with van der Waals surface area (Å²) in [6, 6.07) is 20.7. The van der Waals surface area contributed by atoms with Crippen molar-refractivity contribution in [2.24, 2.45) is 0 Å². The van der Waals surface area contributed by atoms with Crippen LogP contribution in [0.25, 0.3) is 22.4 Å². The lowest BCUT2D eigenvalue weighted by molar-refractivity contribution is 0.414. The fourth-order valence-electron chi connectivity index (χ4n) is 3.41. The molecule has 4 rings (SSSR count). The molecule has 5 nitrogen and oxygen atoms in total. The van der Waals surface area contributed by atoms with Crippen molar-refractivity contribution in [1.82, 2.24) is 9.78 Å². The third-order valence-corrected chi connectivity index (χ3v) is 6.17. The molecular weight excluding hydrogens is 415 g/mol. The molecule has 7 heteroatoms. The van der Waals surface area contributed by atoms with Crippen molar-refractivity contribution >= 4 is 9.84 Å². The summed E-state index contributed by atoms with van der Waals surface area (Å²) in [5, 5.41) is 4.57. The quantitative estimate of drug-likeness (QED) is 0.435. The van der Waals surface area contributed by atoms with Gasteiger partial charge < -0.3 is 4.74 Å². The van der Waals surface area contributed by atoms with Gasteiger partial charge in [0.05, 0.1) is 30.4 Å². The summed E-state index contributed by atoms with van der Waals surface area (Å²) in [6.07, 6.45) is 2.93. The first-order chi connectivity index (χ1) is 14.8. The van der Waals surface area contributed by atoms with Gasteiger partial charge in [-0.25, -0.2) is 12.8 Å². The highest BCUT2D eigenvalue weighted by atomic mass is 32.2. The Kier molecular flexibility index (Phi) is 5.61. The Morgan fingerprint density at radius 1 is 0.903 bits per heavy atom. The van der Waals surface area contributed by atoms with Crippen molar-refractivity contribution < 1.29 is 17.5 Å². The van der Waals surface area contributed by atoms with Gasteiger partial charge >= 0.3 is 0 Å². The zero-order chi connectivity index (χ0) is 22.0. The number of hydrogen-bond donors (Lipinski definition) is 0. The molecule has 0 spiro atoms. The molecule has 0 radical (unpaired) electrons. The van der Waals surface area contributed by atoms with Crippen molar-refractivity contribution in [3.8, 4) is 28.1 Å². The molecule has 158 valence electrons. The van der Waals surface area contributed by atoms with E-state index in [1.165, 1.54) is 18.4 Å². The van der Waals surface area contributed by atoms with Crippen molar-refractivity contribution in [1.29, 1.82) is 0 Å². The number of ether oxygens (including phenoxy) is 1. The van der Waals surface area contributed by atoms with E-state index in [-0.39, 0.29) is 10.7 Å². The van der Waals surface area contributed by atoms with Crippen LogP contribution >= 0.6 is 0 Å². The molecule has 0 unspecified atom stereocenters. The van der Waals surface area contributed by atoms with E-state index < -0.39 is 9.84 Å². The zero-order valence-corrected chi connectivity index (χ0v) is 17.9. The molecule has 0 fully saturated rings. The molecule has 0 amide bonds. The van der Waals surface area contributed by atoms with Gasteiger partial charge in [-0.05, 0) is 47.5 Å².